The minimum Gasteiger partial charge on any atom is -0.493 e. The van der Waals surface area contributed by atoms with Crippen molar-refractivity contribution in [3.05, 3.63) is 64.5 Å². The minimum absolute atomic E-state index is 0.210. The number of hydrogen-bond donors (Lipinski definition) is 1. The van der Waals surface area contributed by atoms with Gasteiger partial charge in [0.2, 0.25) is 0 Å². The van der Waals surface area contributed by atoms with Crippen molar-refractivity contribution in [1.82, 2.24) is 0 Å². The van der Waals surface area contributed by atoms with Crippen LogP contribution in [0.5, 0.6) is 5.75 Å². The first kappa shape index (κ1) is 17.5. The standard InChI is InChI=1S/C20H26FNO/c1-14-6-7-15(2)20(16(14)3)23-12-4-5-18(13-22)17-8-10-19(21)11-9-17/h6-11,18H,4-5,12-13,22H2,1-3H3. The molecule has 23 heavy (non-hydrogen) atoms. The van der Waals surface area contributed by atoms with Crippen LogP contribution in [0.3, 0.4) is 0 Å². The molecule has 1 unspecified atom stereocenters. The Kier molecular flexibility index (Phi) is 6.17. The number of rotatable bonds is 7. The second-order valence-electron chi connectivity index (χ2n) is 6.13. The summed E-state index contributed by atoms with van der Waals surface area (Å²) in [5.74, 6) is 1.04. The van der Waals surface area contributed by atoms with E-state index in [1.165, 1.54) is 28.8 Å². The van der Waals surface area contributed by atoms with E-state index in [1.807, 2.05) is 12.1 Å². The van der Waals surface area contributed by atoms with Crippen LogP contribution >= 0.6 is 0 Å². The third-order valence-electron chi connectivity index (χ3n) is 4.44. The summed E-state index contributed by atoms with van der Waals surface area (Å²) in [6.07, 6.45) is 1.86. The fourth-order valence-electron chi connectivity index (χ4n) is 2.81. The van der Waals surface area contributed by atoms with Crippen molar-refractivity contribution in [3.63, 3.8) is 0 Å². The highest BCUT2D eigenvalue weighted by atomic mass is 19.1. The molecule has 124 valence electrons. The molecule has 0 aliphatic heterocycles. The summed E-state index contributed by atoms with van der Waals surface area (Å²) in [5, 5.41) is 0. The van der Waals surface area contributed by atoms with Gasteiger partial charge >= 0.3 is 0 Å². The van der Waals surface area contributed by atoms with Crippen molar-refractivity contribution in [2.75, 3.05) is 13.2 Å². The van der Waals surface area contributed by atoms with E-state index in [9.17, 15) is 4.39 Å². The monoisotopic (exact) mass is 315 g/mol. The lowest BCUT2D eigenvalue weighted by atomic mass is 9.94. The summed E-state index contributed by atoms with van der Waals surface area (Å²) in [6, 6.07) is 10.8. The molecule has 2 aromatic carbocycles. The van der Waals surface area contributed by atoms with Gasteiger partial charge in [0.15, 0.2) is 0 Å². The molecule has 0 saturated heterocycles. The molecule has 0 saturated carbocycles. The average Bonchev–Trinajstić information content (AvgIpc) is 2.55. The maximum Gasteiger partial charge on any atom is 0.125 e. The van der Waals surface area contributed by atoms with Crippen LogP contribution in [0, 0.1) is 26.6 Å². The molecule has 0 bridgehead atoms. The molecule has 2 nitrogen and oxygen atoms in total. The molecule has 0 amide bonds. The van der Waals surface area contributed by atoms with Gasteiger partial charge in [-0.15, -0.1) is 0 Å². The molecule has 0 aromatic heterocycles. The van der Waals surface area contributed by atoms with Crippen molar-refractivity contribution in [1.29, 1.82) is 0 Å². The van der Waals surface area contributed by atoms with Crippen LogP contribution < -0.4 is 10.5 Å². The van der Waals surface area contributed by atoms with Gasteiger partial charge in [-0.25, -0.2) is 4.39 Å². The van der Waals surface area contributed by atoms with Crippen LogP contribution in [0.25, 0.3) is 0 Å². The van der Waals surface area contributed by atoms with E-state index < -0.39 is 0 Å². The van der Waals surface area contributed by atoms with Gasteiger partial charge in [-0.1, -0.05) is 24.3 Å². The average molecular weight is 315 g/mol. The zero-order valence-electron chi connectivity index (χ0n) is 14.2. The first-order chi connectivity index (χ1) is 11.0. The molecule has 2 aromatic rings. The fourth-order valence-corrected chi connectivity index (χ4v) is 2.81. The van der Waals surface area contributed by atoms with Crippen molar-refractivity contribution in [2.45, 2.75) is 39.5 Å². The first-order valence-electron chi connectivity index (χ1n) is 8.18. The Morgan fingerprint density at radius 2 is 1.65 bits per heavy atom. The first-order valence-corrected chi connectivity index (χ1v) is 8.18. The smallest absolute Gasteiger partial charge is 0.125 e. The van der Waals surface area contributed by atoms with Gasteiger partial charge in [-0.2, -0.15) is 0 Å². The zero-order valence-corrected chi connectivity index (χ0v) is 14.2. The highest BCUT2D eigenvalue weighted by Crippen LogP contribution is 2.26. The van der Waals surface area contributed by atoms with E-state index in [4.69, 9.17) is 10.5 Å². The number of hydrogen-bond acceptors (Lipinski definition) is 2. The molecule has 2 N–H and O–H groups in total. The van der Waals surface area contributed by atoms with Gasteiger partial charge in [0, 0.05) is 0 Å². The molecule has 0 aliphatic rings. The molecule has 0 aliphatic carbocycles. The van der Waals surface area contributed by atoms with Crippen molar-refractivity contribution in [2.24, 2.45) is 5.73 Å². The van der Waals surface area contributed by atoms with Crippen LogP contribution in [-0.2, 0) is 0 Å². The normalized spacial score (nSPS) is 12.2. The molecular weight excluding hydrogens is 289 g/mol. The van der Waals surface area contributed by atoms with E-state index >= 15 is 0 Å². The van der Waals surface area contributed by atoms with Gasteiger partial charge in [0.05, 0.1) is 6.61 Å². The predicted molar refractivity (Wildman–Crippen MR) is 93.6 cm³/mol. The lowest BCUT2D eigenvalue weighted by Crippen LogP contribution is -2.14. The summed E-state index contributed by atoms with van der Waals surface area (Å²) < 4.78 is 19.0. The summed E-state index contributed by atoms with van der Waals surface area (Å²) in [7, 11) is 0. The second-order valence-corrected chi connectivity index (χ2v) is 6.13. The van der Waals surface area contributed by atoms with Gasteiger partial charge in [-0.3, -0.25) is 0 Å². The third kappa shape index (κ3) is 4.55. The van der Waals surface area contributed by atoms with Crippen molar-refractivity contribution >= 4 is 0 Å². The number of halogens is 1. The SMILES string of the molecule is Cc1ccc(C)c(OCCCC(CN)c2ccc(F)cc2)c1C. The minimum atomic E-state index is -0.210. The Morgan fingerprint density at radius 3 is 2.30 bits per heavy atom. The molecule has 0 fully saturated rings. The van der Waals surface area contributed by atoms with Gasteiger partial charge in [0.25, 0.3) is 0 Å². The number of nitrogens with two attached hydrogens (primary N) is 1. The highest BCUT2D eigenvalue weighted by molar-refractivity contribution is 5.44. The number of ether oxygens (including phenoxy) is 1. The predicted octanol–water partition coefficient (Wildman–Crippen LogP) is 4.65. The summed E-state index contributed by atoms with van der Waals surface area (Å²) in [6.45, 7) is 7.50. The van der Waals surface area contributed by atoms with Crippen LogP contribution in [0.15, 0.2) is 36.4 Å². The van der Waals surface area contributed by atoms with Crippen molar-refractivity contribution in [3.8, 4) is 5.75 Å². The van der Waals surface area contributed by atoms with Crippen molar-refractivity contribution < 1.29 is 9.13 Å². The largest absolute Gasteiger partial charge is 0.493 e. The molecule has 0 heterocycles. The molecule has 0 spiro atoms. The molecule has 2 rings (SSSR count). The zero-order chi connectivity index (χ0) is 16.8. The van der Waals surface area contributed by atoms with Gasteiger partial charge in [0.1, 0.15) is 11.6 Å². The summed E-state index contributed by atoms with van der Waals surface area (Å²) in [4.78, 5) is 0. The lowest BCUT2D eigenvalue weighted by molar-refractivity contribution is 0.298. The molecular formula is C20H26FNO. The van der Waals surface area contributed by atoms with Crippen LogP contribution in [0.4, 0.5) is 4.39 Å². The van der Waals surface area contributed by atoms with E-state index in [-0.39, 0.29) is 11.7 Å². The van der Waals surface area contributed by atoms with E-state index in [2.05, 4.69) is 32.9 Å². The van der Waals surface area contributed by atoms with E-state index in [1.54, 1.807) is 0 Å². The van der Waals surface area contributed by atoms with Crippen LogP contribution in [-0.4, -0.2) is 13.2 Å². The van der Waals surface area contributed by atoms with Gasteiger partial charge in [-0.05, 0) is 80.5 Å². The Morgan fingerprint density at radius 1 is 1.00 bits per heavy atom. The summed E-state index contributed by atoms with van der Waals surface area (Å²) >= 11 is 0. The van der Waals surface area contributed by atoms with Crippen LogP contribution in [0.1, 0.15) is 41.0 Å². The number of benzene rings is 2. The Balaban J connectivity index is 1.89. The Hall–Kier alpha value is -1.87. The van der Waals surface area contributed by atoms with E-state index in [0.29, 0.717) is 13.2 Å². The lowest BCUT2D eigenvalue weighted by Gasteiger charge is -2.17. The van der Waals surface area contributed by atoms with Gasteiger partial charge < -0.3 is 10.5 Å². The Labute approximate surface area is 138 Å². The third-order valence-corrected chi connectivity index (χ3v) is 4.44. The number of aryl methyl sites for hydroxylation is 2. The topological polar surface area (TPSA) is 35.2 Å². The maximum atomic E-state index is 13.0. The second kappa shape index (κ2) is 8.11. The highest BCUT2D eigenvalue weighted by Gasteiger charge is 2.11. The van der Waals surface area contributed by atoms with Crippen LogP contribution in [0.2, 0.25) is 0 Å². The fraction of sp³-hybridized carbons (Fsp3) is 0.400. The quantitative estimate of drug-likeness (QED) is 0.755. The Bertz CT molecular complexity index is 637. The molecule has 1 atom stereocenters. The maximum absolute atomic E-state index is 13.0. The molecule has 3 heteroatoms. The molecule has 0 radical (unpaired) electrons. The summed E-state index contributed by atoms with van der Waals surface area (Å²) in [5.41, 5.74) is 10.6. The van der Waals surface area contributed by atoms with E-state index in [0.717, 1.165) is 24.2 Å².